The molecule has 1 aromatic heterocycles. The standard InChI is InChI=1S/C39H48O/c1-9-12-26(3)36-25-37(38-14-11-21-40-38)31(8)35(13-10-2)39(36)27(4)15-16-32-17-19-33(20-18-32)24-34-22-28(5)30(7)29(6)23-34/h11,13-14,17-23,25,31,37H,3,9-10,12,15-16,24H2,1-2,4-8H3/b35-13+,39-27+. The van der Waals surface area contributed by atoms with Crippen molar-refractivity contribution in [1.29, 1.82) is 0 Å². The van der Waals surface area contributed by atoms with Crippen LogP contribution in [0.2, 0.25) is 0 Å². The third-order valence-electron chi connectivity index (χ3n) is 8.80. The average molecular weight is 533 g/mol. The molecule has 0 fully saturated rings. The molecule has 0 N–H and O–H groups in total. The van der Waals surface area contributed by atoms with Crippen LogP contribution >= 0.6 is 0 Å². The van der Waals surface area contributed by atoms with E-state index in [2.05, 4.69) is 110 Å². The maximum atomic E-state index is 5.91. The van der Waals surface area contributed by atoms with E-state index in [9.17, 15) is 0 Å². The van der Waals surface area contributed by atoms with Gasteiger partial charge in [0.1, 0.15) is 5.76 Å². The minimum atomic E-state index is 0.238. The van der Waals surface area contributed by atoms with E-state index in [0.29, 0.717) is 5.92 Å². The summed E-state index contributed by atoms with van der Waals surface area (Å²) < 4.78 is 5.91. The lowest BCUT2D eigenvalue weighted by Gasteiger charge is -2.34. The summed E-state index contributed by atoms with van der Waals surface area (Å²) in [7, 11) is 0. The van der Waals surface area contributed by atoms with Gasteiger partial charge >= 0.3 is 0 Å². The van der Waals surface area contributed by atoms with Crippen LogP contribution in [-0.4, -0.2) is 0 Å². The number of benzene rings is 2. The van der Waals surface area contributed by atoms with Gasteiger partial charge in [0.25, 0.3) is 0 Å². The van der Waals surface area contributed by atoms with E-state index in [1.807, 2.05) is 6.07 Å². The molecule has 2 unspecified atom stereocenters. The van der Waals surface area contributed by atoms with Crippen LogP contribution in [0.15, 0.2) is 106 Å². The first kappa shape index (κ1) is 29.7. The van der Waals surface area contributed by atoms with Gasteiger partial charge in [-0.3, -0.25) is 0 Å². The number of allylic oxidation sites excluding steroid dienone is 7. The molecular formula is C39H48O. The smallest absolute Gasteiger partial charge is 0.111 e. The van der Waals surface area contributed by atoms with Gasteiger partial charge in [-0.2, -0.15) is 0 Å². The molecule has 1 heterocycles. The summed E-state index contributed by atoms with van der Waals surface area (Å²) >= 11 is 0. The zero-order valence-corrected chi connectivity index (χ0v) is 25.9. The summed E-state index contributed by atoms with van der Waals surface area (Å²) in [6.07, 6.45) is 12.9. The van der Waals surface area contributed by atoms with E-state index >= 15 is 0 Å². The highest BCUT2D eigenvalue weighted by molar-refractivity contribution is 5.62. The Kier molecular flexibility index (Phi) is 9.90. The van der Waals surface area contributed by atoms with Crippen LogP contribution in [0.25, 0.3) is 0 Å². The Bertz CT molecular complexity index is 1380. The summed E-state index contributed by atoms with van der Waals surface area (Å²) in [6.45, 7) is 20.4. The minimum Gasteiger partial charge on any atom is -0.469 e. The summed E-state index contributed by atoms with van der Waals surface area (Å²) in [5.74, 6) is 1.65. The zero-order chi connectivity index (χ0) is 28.8. The Hall–Kier alpha value is -3.32. The van der Waals surface area contributed by atoms with Gasteiger partial charge in [0, 0.05) is 5.92 Å². The second-order valence-corrected chi connectivity index (χ2v) is 11.8. The number of hydrogen-bond acceptors (Lipinski definition) is 1. The Morgan fingerprint density at radius 2 is 1.60 bits per heavy atom. The molecule has 1 nitrogen and oxygen atoms in total. The van der Waals surface area contributed by atoms with E-state index in [0.717, 1.165) is 44.3 Å². The van der Waals surface area contributed by atoms with Crippen LogP contribution in [0.3, 0.4) is 0 Å². The van der Waals surface area contributed by atoms with Gasteiger partial charge in [-0.05, 0) is 134 Å². The molecule has 210 valence electrons. The van der Waals surface area contributed by atoms with Crippen molar-refractivity contribution < 1.29 is 4.42 Å². The van der Waals surface area contributed by atoms with E-state index < -0.39 is 0 Å². The summed E-state index contributed by atoms with van der Waals surface area (Å²) in [6, 6.07) is 18.1. The van der Waals surface area contributed by atoms with E-state index in [1.54, 1.807) is 6.26 Å². The maximum absolute atomic E-state index is 5.91. The Balaban J connectivity index is 1.58. The SMILES string of the molecule is C=C(CCC)C1=CC(c2ccco2)C(C)C(=C\CC)/C1=C(/C)CCc1ccc(Cc2cc(C)c(C)c(C)c2)cc1. The minimum absolute atomic E-state index is 0.238. The van der Waals surface area contributed by atoms with Crippen molar-refractivity contribution in [2.75, 3.05) is 0 Å². The molecule has 3 aromatic rings. The molecule has 0 radical (unpaired) electrons. The molecule has 0 saturated carbocycles. The monoisotopic (exact) mass is 532 g/mol. The fourth-order valence-electron chi connectivity index (χ4n) is 6.25. The number of hydrogen-bond donors (Lipinski definition) is 0. The zero-order valence-electron chi connectivity index (χ0n) is 25.9. The van der Waals surface area contributed by atoms with Crippen LogP contribution in [-0.2, 0) is 12.8 Å². The van der Waals surface area contributed by atoms with Crippen LogP contribution in [0.4, 0.5) is 0 Å². The Labute approximate surface area is 243 Å². The van der Waals surface area contributed by atoms with Crippen molar-refractivity contribution in [2.45, 2.75) is 92.9 Å². The van der Waals surface area contributed by atoms with Gasteiger partial charge in [-0.1, -0.05) is 87.9 Å². The summed E-state index contributed by atoms with van der Waals surface area (Å²) in [5.41, 5.74) is 15.3. The summed E-state index contributed by atoms with van der Waals surface area (Å²) in [5, 5.41) is 0. The fraction of sp³-hybridized carbons (Fsp3) is 0.385. The molecule has 40 heavy (non-hydrogen) atoms. The van der Waals surface area contributed by atoms with Crippen molar-refractivity contribution in [3.05, 3.63) is 141 Å². The molecule has 0 amide bonds. The molecule has 1 aliphatic carbocycles. The van der Waals surface area contributed by atoms with E-state index in [1.165, 1.54) is 61.2 Å². The maximum Gasteiger partial charge on any atom is 0.111 e. The molecule has 1 aliphatic rings. The molecular weight excluding hydrogens is 484 g/mol. The first-order valence-corrected chi connectivity index (χ1v) is 15.2. The van der Waals surface area contributed by atoms with Gasteiger partial charge in [-0.15, -0.1) is 0 Å². The normalized spacial score (nSPS) is 19.6. The van der Waals surface area contributed by atoms with Gasteiger partial charge in [0.2, 0.25) is 0 Å². The number of furan rings is 1. The molecule has 0 aliphatic heterocycles. The van der Waals surface area contributed by atoms with Crippen LogP contribution in [0, 0.1) is 26.7 Å². The highest BCUT2D eigenvalue weighted by Gasteiger charge is 2.32. The van der Waals surface area contributed by atoms with Crippen LogP contribution < -0.4 is 0 Å². The van der Waals surface area contributed by atoms with E-state index in [4.69, 9.17) is 4.42 Å². The Morgan fingerprint density at radius 3 is 2.20 bits per heavy atom. The van der Waals surface area contributed by atoms with Crippen molar-refractivity contribution in [1.82, 2.24) is 0 Å². The predicted octanol–water partition coefficient (Wildman–Crippen LogP) is 11.1. The second-order valence-electron chi connectivity index (χ2n) is 11.8. The van der Waals surface area contributed by atoms with Crippen LogP contribution in [0.1, 0.15) is 98.4 Å². The number of aryl methyl sites for hydroxylation is 3. The first-order chi connectivity index (χ1) is 19.2. The highest BCUT2D eigenvalue weighted by Crippen LogP contribution is 2.47. The third kappa shape index (κ3) is 6.69. The third-order valence-corrected chi connectivity index (χ3v) is 8.80. The van der Waals surface area contributed by atoms with Gasteiger partial charge in [-0.25, -0.2) is 0 Å². The number of rotatable bonds is 10. The van der Waals surface area contributed by atoms with Crippen molar-refractivity contribution in [3.63, 3.8) is 0 Å². The lowest BCUT2D eigenvalue weighted by molar-refractivity contribution is 0.444. The average Bonchev–Trinajstić information content (AvgIpc) is 3.47. The van der Waals surface area contributed by atoms with Crippen molar-refractivity contribution in [3.8, 4) is 0 Å². The van der Waals surface area contributed by atoms with Crippen molar-refractivity contribution >= 4 is 0 Å². The van der Waals surface area contributed by atoms with Crippen molar-refractivity contribution in [2.24, 2.45) is 5.92 Å². The molecule has 0 spiro atoms. The molecule has 2 atom stereocenters. The highest BCUT2D eigenvalue weighted by atomic mass is 16.3. The lowest BCUT2D eigenvalue weighted by atomic mass is 9.70. The molecule has 2 aromatic carbocycles. The predicted molar refractivity (Wildman–Crippen MR) is 172 cm³/mol. The quantitative estimate of drug-likeness (QED) is 0.253. The lowest BCUT2D eigenvalue weighted by Crippen LogP contribution is -2.20. The Morgan fingerprint density at radius 1 is 0.925 bits per heavy atom. The summed E-state index contributed by atoms with van der Waals surface area (Å²) in [4.78, 5) is 0. The van der Waals surface area contributed by atoms with Crippen LogP contribution in [0.5, 0.6) is 0 Å². The molecule has 1 heteroatoms. The topological polar surface area (TPSA) is 13.1 Å². The van der Waals surface area contributed by atoms with Gasteiger partial charge < -0.3 is 4.42 Å². The van der Waals surface area contributed by atoms with Gasteiger partial charge in [0.05, 0.1) is 6.26 Å². The van der Waals surface area contributed by atoms with Gasteiger partial charge in [0.15, 0.2) is 0 Å². The fourth-order valence-corrected chi connectivity index (χ4v) is 6.25. The molecule has 0 saturated heterocycles. The second kappa shape index (κ2) is 13.4. The first-order valence-electron chi connectivity index (χ1n) is 15.2. The molecule has 4 rings (SSSR count). The molecule has 0 bridgehead atoms. The van der Waals surface area contributed by atoms with E-state index in [-0.39, 0.29) is 5.92 Å². The largest absolute Gasteiger partial charge is 0.469 e.